The summed E-state index contributed by atoms with van der Waals surface area (Å²) >= 11 is 0. The summed E-state index contributed by atoms with van der Waals surface area (Å²) < 4.78 is 11.5. The second-order valence-electron chi connectivity index (χ2n) is 6.65. The van der Waals surface area contributed by atoms with Gasteiger partial charge in [0.2, 0.25) is 16.8 Å². The second kappa shape index (κ2) is 6.19. The van der Waals surface area contributed by atoms with Crippen molar-refractivity contribution in [1.29, 1.82) is 0 Å². The fraction of sp³-hybridized carbons (Fsp3) is 0.200. The standard InChI is InChI=1S/C20H18NO5P/c1-3-20(2)21-16-17(22)14-11-7-8-12-15(14)18(23)19(16)26-27(20,24)25-13-9-5-4-6-10-13/h4-12,21H,3H2,1-2H3/t20-,27?/m1/s1. The molecule has 1 aliphatic heterocycles. The summed E-state index contributed by atoms with van der Waals surface area (Å²) in [6.45, 7) is 3.48. The minimum absolute atomic E-state index is 0.0335. The highest BCUT2D eigenvalue weighted by Gasteiger charge is 2.60. The number of Topliss-reactive ketones (excluding diaryl/α,β-unsaturated/α-hetero) is 2. The lowest BCUT2D eigenvalue weighted by Gasteiger charge is -2.45. The number of fused-ring (bicyclic) bond motifs is 1. The molecule has 0 amide bonds. The van der Waals surface area contributed by atoms with Gasteiger partial charge >= 0.3 is 7.94 Å². The van der Waals surface area contributed by atoms with Crippen molar-refractivity contribution in [2.75, 3.05) is 0 Å². The predicted octanol–water partition coefficient (Wildman–Crippen LogP) is 3.23. The van der Waals surface area contributed by atoms with Crippen molar-refractivity contribution in [3.05, 3.63) is 77.2 Å². The molecule has 0 aromatic heterocycles. The number of carbonyl (C=O) groups excluding carboxylic acids is 2. The van der Waals surface area contributed by atoms with Gasteiger partial charge in [0.25, 0.3) is 5.76 Å². The van der Waals surface area contributed by atoms with Gasteiger partial charge in [-0.25, -0.2) is 0 Å². The maximum atomic E-state index is 13.7. The molecular formula is C20H18NO5P. The fourth-order valence-electron chi connectivity index (χ4n) is 3.13. The molecule has 1 N–H and O–H groups in total. The Morgan fingerprint density at radius 3 is 2.26 bits per heavy atom. The summed E-state index contributed by atoms with van der Waals surface area (Å²) in [7, 11) is -3.86. The van der Waals surface area contributed by atoms with Crippen LogP contribution in [0.4, 0.5) is 0 Å². The molecule has 27 heavy (non-hydrogen) atoms. The molecule has 1 aliphatic carbocycles. The Kier molecular flexibility index (Phi) is 4.06. The lowest BCUT2D eigenvalue weighted by atomic mass is 9.91. The molecule has 138 valence electrons. The number of rotatable bonds is 3. The van der Waals surface area contributed by atoms with Gasteiger partial charge in [0.05, 0.1) is 0 Å². The number of para-hydroxylation sites is 1. The normalized spacial score (nSPS) is 26.6. The van der Waals surface area contributed by atoms with Gasteiger partial charge in [0, 0.05) is 24.5 Å². The number of ketones is 2. The first-order chi connectivity index (χ1) is 12.9. The van der Waals surface area contributed by atoms with Crippen molar-refractivity contribution in [2.24, 2.45) is 0 Å². The van der Waals surface area contributed by atoms with Crippen LogP contribution in [0, 0.1) is 0 Å². The van der Waals surface area contributed by atoms with E-state index in [-0.39, 0.29) is 22.8 Å². The van der Waals surface area contributed by atoms with Crippen molar-refractivity contribution in [1.82, 2.24) is 5.32 Å². The summed E-state index contributed by atoms with van der Waals surface area (Å²) in [5.41, 5.74) is 0.567. The third-order valence-corrected chi connectivity index (χ3v) is 7.46. The van der Waals surface area contributed by atoms with Crippen molar-refractivity contribution in [2.45, 2.75) is 25.5 Å². The Labute approximate surface area is 157 Å². The number of allylic oxidation sites excluding steroid dienone is 2. The molecule has 2 atom stereocenters. The molecule has 0 saturated carbocycles. The zero-order valence-corrected chi connectivity index (χ0v) is 15.8. The van der Waals surface area contributed by atoms with E-state index in [9.17, 15) is 14.5 Å². The number of carbonyl (C=O) groups is 2. The fourth-order valence-corrected chi connectivity index (χ4v) is 5.02. The molecule has 6 nitrogen and oxygen atoms in total. The topological polar surface area (TPSA) is 87.7 Å². The zero-order valence-electron chi connectivity index (χ0n) is 14.9. The van der Waals surface area contributed by atoms with E-state index >= 15 is 0 Å². The first-order valence-electron chi connectivity index (χ1n) is 8.64. The molecule has 0 radical (unpaired) electrons. The third kappa shape index (κ3) is 2.64. The predicted molar refractivity (Wildman–Crippen MR) is 99.0 cm³/mol. The molecule has 0 bridgehead atoms. The van der Waals surface area contributed by atoms with Crippen LogP contribution in [0.25, 0.3) is 0 Å². The summed E-state index contributed by atoms with van der Waals surface area (Å²) in [4.78, 5) is 39.5. The van der Waals surface area contributed by atoms with Crippen LogP contribution in [0.15, 0.2) is 66.1 Å². The van der Waals surface area contributed by atoms with Crippen LogP contribution >= 0.6 is 7.94 Å². The van der Waals surface area contributed by atoms with Gasteiger partial charge in [0.15, 0.2) is 5.75 Å². The van der Waals surface area contributed by atoms with E-state index in [1.54, 1.807) is 55.5 Å². The van der Waals surface area contributed by atoms with Crippen LogP contribution in [-0.4, -0.2) is 16.8 Å². The van der Waals surface area contributed by atoms with Crippen molar-refractivity contribution in [3.8, 4) is 5.75 Å². The van der Waals surface area contributed by atoms with Gasteiger partial charge < -0.3 is 19.3 Å². The average molecular weight is 383 g/mol. The van der Waals surface area contributed by atoms with Crippen LogP contribution in [0.1, 0.15) is 41.0 Å². The number of hydrogen-bond donors (Lipinski definition) is 1. The highest BCUT2D eigenvalue weighted by Crippen LogP contribution is 2.67. The van der Waals surface area contributed by atoms with Crippen LogP contribution in [-0.2, 0) is 4.52 Å². The van der Waals surface area contributed by atoms with E-state index in [0.717, 1.165) is 0 Å². The van der Waals surface area contributed by atoms with Crippen LogP contribution in [0.3, 0.4) is 0 Å². The van der Waals surface area contributed by atoms with Crippen LogP contribution in [0.5, 0.6) is 5.75 Å². The van der Waals surface area contributed by atoms with E-state index < -0.39 is 19.0 Å². The Balaban J connectivity index is 1.80. The van der Waals surface area contributed by atoms with Crippen LogP contribution in [0.2, 0.25) is 0 Å². The molecule has 2 aromatic carbocycles. The molecule has 1 heterocycles. The smallest absolute Gasteiger partial charge is 0.357 e. The van der Waals surface area contributed by atoms with Crippen molar-refractivity contribution >= 4 is 19.5 Å². The van der Waals surface area contributed by atoms with Crippen molar-refractivity contribution in [3.63, 3.8) is 0 Å². The number of hydrogen-bond acceptors (Lipinski definition) is 6. The Hall–Kier alpha value is -2.69. The minimum atomic E-state index is -3.86. The molecular weight excluding hydrogens is 365 g/mol. The van der Waals surface area contributed by atoms with E-state index in [0.29, 0.717) is 17.7 Å². The number of nitrogens with one attached hydrogen (secondary N) is 1. The summed E-state index contributed by atoms with van der Waals surface area (Å²) in [5, 5.41) is 1.85. The maximum absolute atomic E-state index is 13.7. The zero-order chi connectivity index (χ0) is 19.2. The minimum Gasteiger partial charge on any atom is -0.615 e. The maximum Gasteiger partial charge on any atom is 0.357 e. The SMILES string of the molecule is CC[C@]1(C)NC2=C(O[P+]1([O-])Oc1ccccc1)C(=O)c1ccccc1C2=O. The molecule has 1 unspecified atom stereocenters. The quantitative estimate of drug-likeness (QED) is 0.819. The molecule has 0 spiro atoms. The van der Waals surface area contributed by atoms with Gasteiger partial charge in [-0.15, -0.1) is 0 Å². The van der Waals surface area contributed by atoms with Gasteiger partial charge in [-0.3, -0.25) is 9.59 Å². The summed E-state index contributed by atoms with van der Waals surface area (Å²) in [6, 6.07) is 15.1. The first kappa shape index (κ1) is 17.7. The molecule has 2 aromatic rings. The molecule has 2 aliphatic rings. The van der Waals surface area contributed by atoms with Gasteiger partial charge in [-0.05, 0) is 12.1 Å². The third-order valence-electron chi connectivity index (χ3n) is 4.94. The lowest BCUT2D eigenvalue weighted by Crippen LogP contribution is -2.55. The van der Waals surface area contributed by atoms with Gasteiger partial charge in [-0.2, -0.15) is 0 Å². The molecule has 0 saturated heterocycles. The van der Waals surface area contributed by atoms with E-state index in [1.807, 2.05) is 13.0 Å². The van der Waals surface area contributed by atoms with E-state index in [4.69, 9.17) is 9.05 Å². The van der Waals surface area contributed by atoms with E-state index in [1.165, 1.54) is 0 Å². The second-order valence-corrected chi connectivity index (χ2v) is 9.00. The van der Waals surface area contributed by atoms with Crippen LogP contribution < -0.4 is 14.7 Å². The lowest BCUT2D eigenvalue weighted by molar-refractivity contribution is -0.216. The van der Waals surface area contributed by atoms with Crippen molar-refractivity contribution < 1.29 is 23.5 Å². The highest BCUT2D eigenvalue weighted by atomic mass is 31.2. The highest BCUT2D eigenvalue weighted by molar-refractivity contribution is 7.61. The monoisotopic (exact) mass is 383 g/mol. The van der Waals surface area contributed by atoms with E-state index in [2.05, 4.69) is 5.32 Å². The largest absolute Gasteiger partial charge is 0.615 e. The van der Waals surface area contributed by atoms with Gasteiger partial charge in [-0.1, -0.05) is 49.4 Å². The Morgan fingerprint density at radius 2 is 1.63 bits per heavy atom. The number of benzene rings is 2. The molecule has 7 heteroatoms. The molecule has 0 fully saturated rings. The summed E-state index contributed by atoms with van der Waals surface area (Å²) in [6.07, 6.45) is 0.358. The molecule has 4 rings (SSSR count). The summed E-state index contributed by atoms with van der Waals surface area (Å²) in [5.74, 6) is -0.723. The average Bonchev–Trinajstić information content (AvgIpc) is 2.68. The Bertz CT molecular complexity index is 973. The van der Waals surface area contributed by atoms with Gasteiger partial charge in [0.1, 0.15) is 5.70 Å². The Morgan fingerprint density at radius 1 is 1.04 bits per heavy atom. The first-order valence-corrected chi connectivity index (χ1v) is 10.2.